The zero-order valence-corrected chi connectivity index (χ0v) is 14.8. The summed E-state index contributed by atoms with van der Waals surface area (Å²) in [5.41, 5.74) is 0. The Hall–Kier alpha value is -1.00. The van der Waals surface area contributed by atoms with E-state index in [-0.39, 0.29) is 15.8 Å². The van der Waals surface area contributed by atoms with E-state index in [1.165, 1.54) is 28.6 Å². The Morgan fingerprint density at radius 3 is 2.25 bits per heavy atom. The zero-order chi connectivity index (χ0) is 16.9. The van der Waals surface area contributed by atoms with Crippen LogP contribution in [0.4, 0.5) is 0 Å². The van der Waals surface area contributed by atoms with Gasteiger partial charge < -0.3 is 5.32 Å². The van der Waals surface area contributed by atoms with E-state index in [9.17, 15) is 16.8 Å². The van der Waals surface area contributed by atoms with E-state index in [0.29, 0.717) is 24.9 Å². The standard InChI is InChI=1S/C15H21N3O4S2/c19-23(20,17-13-4-5-13)14-2-1-3-15(6-14)24(21,22)18-9-11-7-16-8-12(11)10-18/h1-3,6,11-13,16-17H,4-5,7-10H2/t11-,12+. The van der Waals surface area contributed by atoms with Crippen LogP contribution in [0.3, 0.4) is 0 Å². The van der Waals surface area contributed by atoms with Crippen molar-refractivity contribution in [2.75, 3.05) is 26.2 Å². The van der Waals surface area contributed by atoms with Crippen molar-refractivity contribution in [3.8, 4) is 0 Å². The number of benzene rings is 1. The lowest BCUT2D eigenvalue weighted by Gasteiger charge is -2.18. The molecule has 0 amide bonds. The van der Waals surface area contributed by atoms with Crippen molar-refractivity contribution in [1.82, 2.24) is 14.3 Å². The maximum atomic E-state index is 12.9. The number of hydrogen-bond acceptors (Lipinski definition) is 5. The molecule has 1 aromatic carbocycles. The van der Waals surface area contributed by atoms with E-state index < -0.39 is 20.0 Å². The van der Waals surface area contributed by atoms with Gasteiger partial charge in [0.15, 0.2) is 0 Å². The molecule has 4 rings (SSSR count). The third-order valence-electron chi connectivity index (χ3n) is 5.01. The summed E-state index contributed by atoms with van der Waals surface area (Å²) in [5.74, 6) is 0.700. The van der Waals surface area contributed by atoms with E-state index in [0.717, 1.165) is 25.9 Å². The van der Waals surface area contributed by atoms with Gasteiger partial charge in [-0.15, -0.1) is 0 Å². The summed E-state index contributed by atoms with van der Waals surface area (Å²) in [6.07, 6.45) is 1.67. The van der Waals surface area contributed by atoms with Gasteiger partial charge in [-0.05, 0) is 56.0 Å². The van der Waals surface area contributed by atoms with Gasteiger partial charge in [0.25, 0.3) is 0 Å². The fourth-order valence-electron chi connectivity index (χ4n) is 3.45. The molecule has 3 fully saturated rings. The van der Waals surface area contributed by atoms with Crippen LogP contribution in [-0.4, -0.2) is 53.4 Å². The monoisotopic (exact) mass is 371 g/mol. The average molecular weight is 371 g/mol. The minimum absolute atomic E-state index is 0.0107. The summed E-state index contributed by atoms with van der Waals surface area (Å²) >= 11 is 0. The molecule has 0 bridgehead atoms. The van der Waals surface area contributed by atoms with Crippen LogP contribution in [0.5, 0.6) is 0 Å². The van der Waals surface area contributed by atoms with Crippen LogP contribution in [-0.2, 0) is 20.0 Å². The lowest BCUT2D eigenvalue weighted by Crippen LogP contribution is -2.32. The first-order valence-electron chi connectivity index (χ1n) is 8.19. The first-order chi connectivity index (χ1) is 11.4. The third-order valence-corrected chi connectivity index (χ3v) is 8.35. The molecule has 2 atom stereocenters. The summed E-state index contributed by atoms with van der Waals surface area (Å²) in [5, 5.41) is 3.28. The van der Waals surface area contributed by atoms with Crippen molar-refractivity contribution >= 4 is 20.0 Å². The highest BCUT2D eigenvalue weighted by atomic mass is 32.2. The Bertz CT molecular complexity index is 837. The fourth-order valence-corrected chi connectivity index (χ4v) is 6.47. The topological polar surface area (TPSA) is 95.6 Å². The minimum atomic E-state index is -3.66. The van der Waals surface area contributed by atoms with Gasteiger partial charge in [-0.2, -0.15) is 4.31 Å². The van der Waals surface area contributed by atoms with Gasteiger partial charge in [0.1, 0.15) is 0 Å². The van der Waals surface area contributed by atoms with Crippen LogP contribution in [0.2, 0.25) is 0 Å². The second-order valence-corrected chi connectivity index (χ2v) is 10.5. The largest absolute Gasteiger partial charge is 0.316 e. The normalized spacial score (nSPS) is 28.2. The predicted molar refractivity (Wildman–Crippen MR) is 88.4 cm³/mol. The van der Waals surface area contributed by atoms with Crippen molar-refractivity contribution in [3.05, 3.63) is 24.3 Å². The second-order valence-electron chi connectivity index (χ2n) is 6.87. The maximum Gasteiger partial charge on any atom is 0.243 e. The third kappa shape index (κ3) is 2.99. The molecule has 2 aliphatic heterocycles. The Kier molecular flexibility index (Phi) is 3.96. The summed E-state index contributed by atoms with van der Waals surface area (Å²) in [6.45, 7) is 2.68. The number of nitrogens with one attached hydrogen (secondary N) is 2. The van der Waals surface area contributed by atoms with Crippen molar-refractivity contribution in [3.63, 3.8) is 0 Å². The first-order valence-corrected chi connectivity index (χ1v) is 11.1. The molecule has 132 valence electrons. The molecule has 3 aliphatic rings. The fraction of sp³-hybridized carbons (Fsp3) is 0.600. The molecular weight excluding hydrogens is 350 g/mol. The van der Waals surface area contributed by atoms with Crippen LogP contribution in [0, 0.1) is 11.8 Å². The van der Waals surface area contributed by atoms with E-state index >= 15 is 0 Å². The van der Waals surface area contributed by atoms with Crippen molar-refractivity contribution in [2.45, 2.75) is 28.7 Å². The van der Waals surface area contributed by atoms with Gasteiger partial charge >= 0.3 is 0 Å². The molecule has 7 nitrogen and oxygen atoms in total. The Balaban J connectivity index is 1.60. The SMILES string of the molecule is O=S(=O)(NC1CC1)c1cccc(S(=O)(=O)N2C[C@H]3CNC[C@H]3C2)c1. The Labute approximate surface area is 142 Å². The van der Waals surface area contributed by atoms with Crippen molar-refractivity contribution in [1.29, 1.82) is 0 Å². The van der Waals surface area contributed by atoms with Gasteiger partial charge in [0, 0.05) is 19.1 Å². The second kappa shape index (κ2) is 5.77. The molecule has 2 N–H and O–H groups in total. The van der Waals surface area contributed by atoms with Gasteiger partial charge in [-0.25, -0.2) is 21.6 Å². The number of hydrogen-bond donors (Lipinski definition) is 2. The Morgan fingerprint density at radius 1 is 1.00 bits per heavy atom. The first kappa shape index (κ1) is 16.5. The minimum Gasteiger partial charge on any atom is -0.316 e. The number of nitrogens with zero attached hydrogens (tertiary/aromatic N) is 1. The molecule has 0 spiro atoms. The summed E-state index contributed by atoms with van der Waals surface area (Å²) < 4.78 is 54.4. The molecule has 1 aromatic rings. The summed E-state index contributed by atoms with van der Waals surface area (Å²) in [7, 11) is -7.32. The maximum absolute atomic E-state index is 12.9. The molecule has 2 heterocycles. The molecule has 1 saturated carbocycles. The average Bonchev–Trinajstić information content (AvgIpc) is 3.07. The molecule has 24 heavy (non-hydrogen) atoms. The summed E-state index contributed by atoms with van der Waals surface area (Å²) in [6, 6.07) is 5.66. The molecule has 0 unspecified atom stereocenters. The molecule has 9 heteroatoms. The van der Waals surface area contributed by atoms with E-state index in [4.69, 9.17) is 0 Å². The van der Waals surface area contributed by atoms with Crippen LogP contribution < -0.4 is 10.0 Å². The highest BCUT2D eigenvalue weighted by Crippen LogP contribution is 2.31. The van der Waals surface area contributed by atoms with Crippen molar-refractivity contribution in [2.24, 2.45) is 11.8 Å². The highest BCUT2D eigenvalue weighted by molar-refractivity contribution is 7.90. The van der Waals surface area contributed by atoms with Crippen LogP contribution >= 0.6 is 0 Å². The molecule has 2 saturated heterocycles. The molecule has 0 aromatic heterocycles. The van der Waals surface area contributed by atoms with Gasteiger partial charge in [-0.3, -0.25) is 0 Å². The van der Waals surface area contributed by atoms with Crippen LogP contribution in [0.15, 0.2) is 34.1 Å². The van der Waals surface area contributed by atoms with Crippen molar-refractivity contribution < 1.29 is 16.8 Å². The van der Waals surface area contributed by atoms with Gasteiger partial charge in [0.2, 0.25) is 20.0 Å². The van der Waals surface area contributed by atoms with Crippen LogP contribution in [0.1, 0.15) is 12.8 Å². The van der Waals surface area contributed by atoms with Crippen LogP contribution in [0.25, 0.3) is 0 Å². The Morgan fingerprint density at radius 2 is 1.62 bits per heavy atom. The zero-order valence-electron chi connectivity index (χ0n) is 13.2. The lowest BCUT2D eigenvalue weighted by atomic mass is 10.0. The molecular formula is C15H21N3O4S2. The predicted octanol–water partition coefficient (Wildman–Crippen LogP) is -0.0328. The quantitative estimate of drug-likeness (QED) is 0.758. The van der Waals surface area contributed by atoms with Gasteiger partial charge in [-0.1, -0.05) is 6.07 Å². The lowest BCUT2D eigenvalue weighted by molar-refractivity contribution is 0.448. The van der Waals surface area contributed by atoms with E-state index in [1.54, 1.807) is 0 Å². The number of rotatable bonds is 5. The number of fused-ring (bicyclic) bond motifs is 1. The summed E-state index contributed by atoms with van der Waals surface area (Å²) in [4.78, 5) is 0.0608. The van der Waals surface area contributed by atoms with E-state index in [2.05, 4.69) is 10.0 Å². The van der Waals surface area contributed by atoms with Gasteiger partial charge in [0.05, 0.1) is 9.79 Å². The van der Waals surface area contributed by atoms with E-state index in [1.807, 2.05) is 0 Å². The number of sulfonamides is 2. The molecule has 1 aliphatic carbocycles. The smallest absolute Gasteiger partial charge is 0.243 e. The highest BCUT2D eigenvalue weighted by Gasteiger charge is 2.41. The molecule has 0 radical (unpaired) electrons.